The molecule has 2 aromatic heterocycles. The van der Waals surface area contributed by atoms with Crippen LogP contribution >= 0.6 is 0 Å². The van der Waals surface area contributed by atoms with Gasteiger partial charge in [-0.15, -0.1) is 0 Å². The predicted octanol–water partition coefficient (Wildman–Crippen LogP) is 4.27. The van der Waals surface area contributed by atoms with E-state index in [4.69, 9.17) is 4.98 Å². The monoisotopic (exact) mass is 423 g/mol. The normalized spacial score (nSPS) is 14.1. The Balaban J connectivity index is 1.31. The zero-order chi connectivity index (χ0) is 22.1. The number of rotatable bonds is 3. The topological polar surface area (TPSA) is 62.2 Å². The summed E-state index contributed by atoms with van der Waals surface area (Å²) in [5.74, 6) is 1.66. The zero-order valence-corrected chi connectivity index (χ0v) is 18.3. The molecule has 0 atom stereocenters. The first-order chi connectivity index (χ1) is 15.6. The van der Waals surface area contributed by atoms with Crippen LogP contribution in [0, 0.1) is 13.8 Å². The third-order valence-corrected chi connectivity index (χ3v) is 5.95. The SMILES string of the molecule is Cc1ccc2nc(C)c(C(=O)N3CCN(c4ccnc(-c5ccccc5)n4)CC3)cc2c1. The number of amides is 1. The summed E-state index contributed by atoms with van der Waals surface area (Å²) < 4.78 is 0. The maximum atomic E-state index is 13.3. The van der Waals surface area contributed by atoms with Crippen LogP contribution in [0.5, 0.6) is 0 Å². The minimum absolute atomic E-state index is 0.0470. The van der Waals surface area contributed by atoms with Crippen molar-refractivity contribution in [2.45, 2.75) is 13.8 Å². The molecular weight excluding hydrogens is 398 g/mol. The third kappa shape index (κ3) is 3.91. The Bertz CT molecular complexity index is 1280. The fourth-order valence-electron chi connectivity index (χ4n) is 4.17. The molecule has 1 saturated heterocycles. The van der Waals surface area contributed by atoms with Gasteiger partial charge in [-0.2, -0.15) is 0 Å². The molecule has 0 aliphatic carbocycles. The van der Waals surface area contributed by atoms with Crippen molar-refractivity contribution in [2.75, 3.05) is 31.1 Å². The smallest absolute Gasteiger partial charge is 0.255 e. The molecule has 0 N–H and O–H groups in total. The number of hydrogen-bond donors (Lipinski definition) is 0. The van der Waals surface area contributed by atoms with Crippen LogP contribution in [0.25, 0.3) is 22.3 Å². The predicted molar refractivity (Wildman–Crippen MR) is 127 cm³/mol. The van der Waals surface area contributed by atoms with Gasteiger partial charge in [-0.1, -0.05) is 42.0 Å². The Morgan fingerprint density at radius 3 is 2.44 bits per heavy atom. The molecule has 5 rings (SSSR count). The highest BCUT2D eigenvalue weighted by Gasteiger charge is 2.25. The number of carbonyl (C=O) groups is 1. The number of piperazine rings is 1. The molecule has 1 aliphatic rings. The molecule has 2 aromatic carbocycles. The molecule has 0 bridgehead atoms. The second kappa shape index (κ2) is 8.38. The first kappa shape index (κ1) is 20.1. The molecule has 0 unspecified atom stereocenters. The molecule has 32 heavy (non-hydrogen) atoms. The maximum absolute atomic E-state index is 13.3. The number of pyridine rings is 1. The van der Waals surface area contributed by atoms with Gasteiger partial charge in [0.1, 0.15) is 5.82 Å². The third-order valence-electron chi connectivity index (χ3n) is 5.95. The minimum Gasteiger partial charge on any atom is -0.353 e. The van der Waals surface area contributed by atoms with Gasteiger partial charge in [0.05, 0.1) is 16.8 Å². The van der Waals surface area contributed by atoms with Gasteiger partial charge in [0, 0.05) is 43.3 Å². The number of carbonyl (C=O) groups excluding carboxylic acids is 1. The van der Waals surface area contributed by atoms with Crippen molar-refractivity contribution in [3.63, 3.8) is 0 Å². The van der Waals surface area contributed by atoms with E-state index in [0.717, 1.165) is 52.5 Å². The van der Waals surface area contributed by atoms with Gasteiger partial charge in [0.2, 0.25) is 0 Å². The first-order valence-corrected chi connectivity index (χ1v) is 10.9. The molecule has 0 spiro atoms. The molecule has 160 valence electrons. The molecule has 4 aromatic rings. The fraction of sp³-hybridized carbons (Fsp3) is 0.231. The lowest BCUT2D eigenvalue weighted by molar-refractivity contribution is 0.0745. The van der Waals surface area contributed by atoms with E-state index in [1.165, 1.54) is 0 Å². The number of nitrogens with zero attached hydrogens (tertiary/aromatic N) is 5. The quantitative estimate of drug-likeness (QED) is 0.492. The van der Waals surface area contributed by atoms with Crippen molar-refractivity contribution < 1.29 is 4.79 Å². The van der Waals surface area contributed by atoms with E-state index in [1.54, 1.807) is 6.20 Å². The Labute approximate surface area is 187 Å². The number of fused-ring (bicyclic) bond motifs is 1. The number of anilines is 1. The van der Waals surface area contributed by atoms with Crippen LogP contribution in [-0.4, -0.2) is 51.9 Å². The highest BCUT2D eigenvalue weighted by atomic mass is 16.2. The van der Waals surface area contributed by atoms with E-state index < -0.39 is 0 Å². The first-order valence-electron chi connectivity index (χ1n) is 10.9. The summed E-state index contributed by atoms with van der Waals surface area (Å²) in [7, 11) is 0. The Morgan fingerprint density at radius 1 is 0.875 bits per heavy atom. The molecule has 0 saturated carbocycles. The van der Waals surface area contributed by atoms with Gasteiger partial charge in [-0.3, -0.25) is 9.78 Å². The largest absolute Gasteiger partial charge is 0.353 e. The molecule has 1 amide bonds. The van der Waals surface area contributed by atoms with E-state index >= 15 is 0 Å². The summed E-state index contributed by atoms with van der Waals surface area (Å²) in [6.45, 7) is 6.72. The van der Waals surface area contributed by atoms with Crippen LogP contribution in [-0.2, 0) is 0 Å². The van der Waals surface area contributed by atoms with E-state index in [-0.39, 0.29) is 5.91 Å². The van der Waals surface area contributed by atoms with Crippen LogP contribution in [0.2, 0.25) is 0 Å². The average molecular weight is 424 g/mol. The molecule has 1 aliphatic heterocycles. The fourth-order valence-corrected chi connectivity index (χ4v) is 4.17. The molecule has 3 heterocycles. The van der Waals surface area contributed by atoms with Crippen LogP contribution < -0.4 is 4.90 Å². The van der Waals surface area contributed by atoms with E-state index in [2.05, 4.69) is 27.9 Å². The van der Waals surface area contributed by atoms with Gasteiger partial charge in [0.15, 0.2) is 5.82 Å². The summed E-state index contributed by atoms with van der Waals surface area (Å²) in [5, 5.41) is 1.01. The van der Waals surface area contributed by atoms with Gasteiger partial charge < -0.3 is 9.80 Å². The van der Waals surface area contributed by atoms with Crippen molar-refractivity contribution in [3.8, 4) is 11.4 Å². The van der Waals surface area contributed by atoms with Crippen LogP contribution in [0.1, 0.15) is 21.6 Å². The highest BCUT2D eigenvalue weighted by molar-refractivity contribution is 5.98. The Hall–Kier alpha value is -3.80. The maximum Gasteiger partial charge on any atom is 0.255 e. The van der Waals surface area contributed by atoms with Crippen LogP contribution in [0.4, 0.5) is 5.82 Å². The molecule has 6 heteroatoms. The number of benzene rings is 2. The summed E-state index contributed by atoms with van der Waals surface area (Å²) in [4.78, 5) is 31.2. The van der Waals surface area contributed by atoms with Crippen molar-refractivity contribution in [1.29, 1.82) is 0 Å². The molecule has 0 radical (unpaired) electrons. The molecular formula is C26H25N5O. The van der Waals surface area contributed by atoms with E-state index in [9.17, 15) is 4.79 Å². The van der Waals surface area contributed by atoms with Gasteiger partial charge >= 0.3 is 0 Å². The van der Waals surface area contributed by atoms with E-state index in [1.807, 2.05) is 66.4 Å². The van der Waals surface area contributed by atoms with Crippen molar-refractivity contribution in [2.24, 2.45) is 0 Å². The van der Waals surface area contributed by atoms with Crippen molar-refractivity contribution >= 4 is 22.6 Å². The van der Waals surface area contributed by atoms with E-state index in [0.29, 0.717) is 18.7 Å². The number of hydrogen-bond acceptors (Lipinski definition) is 5. The lowest BCUT2D eigenvalue weighted by Crippen LogP contribution is -2.49. The summed E-state index contributed by atoms with van der Waals surface area (Å²) in [5.41, 5.74) is 4.54. The van der Waals surface area contributed by atoms with Gasteiger partial charge in [0.25, 0.3) is 5.91 Å². The van der Waals surface area contributed by atoms with Crippen molar-refractivity contribution in [1.82, 2.24) is 19.9 Å². The molecule has 1 fully saturated rings. The average Bonchev–Trinajstić information content (AvgIpc) is 2.84. The second-order valence-electron chi connectivity index (χ2n) is 8.20. The number of aromatic nitrogens is 3. The lowest BCUT2D eigenvalue weighted by Gasteiger charge is -2.35. The highest BCUT2D eigenvalue weighted by Crippen LogP contribution is 2.22. The van der Waals surface area contributed by atoms with Crippen LogP contribution in [0.15, 0.2) is 66.9 Å². The Kier molecular flexibility index (Phi) is 5.27. The Morgan fingerprint density at radius 2 is 1.66 bits per heavy atom. The minimum atomic E-state index is 0.0470. The van der Waals surface area contributed by atoms with Gasteiger partial charge in [-0.25, -0.2) is 9.97 Å². The lowest BCUT2D eigenvalue weighted by atomic mass is 10.1. The second-order valence-corrected chi connectivity index (χ2v) is 8.20. The summed E-state index contributed by atoms with van der Waals surface area (Å²) >= 11 is 0. The standard InChI is InChI=1S/C26H25N5O/c1-18-8-9-23-21(16-18)17-22(19(2)28-23)26(32)31-14-12-30(13-15-31)24-10-11-27-25(29-24)20-6-4-3-5-7-20/h3-11,16-17H,12-15H2,1-2H3. The van der Waals surface area contributed by atoms with Crippen molar-refractivity contribution in [3.05, 3.63) is 83.7 Å². The molecule has 6 nitrogen and oxygen atoms in total. The number of aryl methyl sites for hydroxylation is 2. The summed E-state index contributed by atoms with van der Waals surface area (Å²) in [6.07, 6.45) is 1.80. The zero-order valence-electron chi connectivity index (χ0n) is 18.3. The summed E-state index contributed by atoms with van der Waals surface area (Å²) in [6, 6.07) is 20.0. The van der Waals surface area contributed by atoms with Crippen LogP contribution in [0.3, 0.4) is 0 Å². The van der Waals surface area contributed by atoms with Gasteiger partial charge in [-0.05, 0) is 38.1 Å².